The fourth-order valence-corrected chi connectivity index (χ4v) is 2.65. The number of rotatable bonds is 9. The summed E-state index contributed by atoms with van der Waals surface area (Å²) in [5, 5.41) is 12.1. The van der Waals surface area contributed by atoms with Gasteiger partial charge in [0, 0.05) is 6.54 Å². The van der Waals surface area contributed by atoms with E-state index in [1.165, 1.54) is 0 Å². The van der Waals surface area contributed by atoms with Gasteiger partial charge in [0.2, 0.25) is 0 Å². The molecule has 0 fully saturated rings. The van der Waals surface area contributed by atoms with E-state index in [4.69, 9.17) is 9.47 Å². The SMILES string of the molecule is COc1ccc(OC(C)C(=O)NCC(Cc2cccc(C)c2)C(=O)O)cc1. The van der Waals surface area contributed by atoms with E-state index in [1.54, 1.807) is 38.3 Å². The molecule has 2 atom stereocenters. The van der Waals surface area contributed by atoms with Crippen LogP contribution in [0, 0.1) is 12.8 Å². The number of benzene rings is 2. The van der Waals surface area contributed by atoms with Crippen molar-refractivity contribution in [2.45, 2.75) is 26.4 Å². The van der Waals surface area contributed by atoms with Crippen LogP contribution in [-0.4, -0.2) is 36.7 Å². The molecular formula is C21H25NO5. The highest BCUT2D eigenvalue weighted by Gasteiger charge is 2.21. The maximum Gasteiger partial charge on any atom is 0.308 e. The topological polar surface area (TPSA) is 84.9 Å². The quantitative estimate of drug-likeness (QED) is 0.708. The van der Waals surface area contributed by atoms with Crippen molar-refractivity contribution in [3.05, 3.63) is 59.7 Å². The van der Waals surface area contributed by atoms with Crippen LogP contribution < -0.4 is 14.8 Å². The number of methoxy groups -OCH3 is 1. The summed E-state index contributed by atoms with van der Waals surface area (Å²) < 4.78 is 10.7. The highest BCUT2D eigenvalue weighted by molar-refractivity contribution is 5.81. The maximum atomic E-state index is 12.3. The summed E-state index contributed by atoms with van der Waals surface area (Å²) in [6.07, 6.45) is -0.392. The number of carbonyl (C=O) groups is 2. The van der Waals surface area contributed by atoms with Crippen LogP contribution in [0.25, 0.3) is 0 Å². The molecule has 0 aliphatic heterocycles. The predicted octanol–water partition coefficient (Wildman–Crippen LogP) is 2.83. The molecule has 2 unspecified atom stereocenters. The Bertz CT molecular complexity index is 772. The zero-order chi connectivity index (χ0) is 19.8. The number of nitrogens with one attached hydrogen (secondary N) is 1. The summed E-state index contributed by atoms with van der Waals surface area (Å²) in [4.78, 5) is 23.8. The summed E-state index contributed by atoms with van der Waals surface area (Å²) in [6, 6.07) is 14.6. The van der Waals surface area contributed by atoms with Gasteiger partial charge in [-0.1, -0.05) is 29.8 Å². The first-order valence-electron chi connectivity index (χ1n) is 8.76. The number of carboxylic acid groups (broad SMARTS) is 1. The zero-order valence-electron chi connectivity index (χ0n) is 15.8. The van der Waals surface area contributed by atoms with Gasteiger partial charge < -0.3 is 19.9 Å². The zero-order valence-corrected chi connectivity index (χ0v) is 15.8. The Kier molecular flexibility index (Phi) is 7.23. The number of carboxylic acids is 1. The van der Waals surface area contributed by atoms with Crippen LogP contribution in [-0.2, 0) is 16.0 Å². The molecule has 0 aliphatic rings. The second-order valence-electron chi connectivity index (χ2n) is 6.41. The van der Waals surface area contributed by atoms with E-state index >= 15 is 0 Å². The smallest absolute Gasteiger partial charge is 0.308 e. The molecule has 0 aromatic heterocycles. The number of hydrogen-bond donors (Lipinski definition) is 2. The van der Waals surface area contributed by atoms with Gasteiger partial charge in [0.1, 0.15) is 11.5 Å². The summed E-state index contributed by atoms with van der Waals surface area (Å²) in [5.74, 6) is -0.779. The lowest BCUT2D eigenvalue weighted by Gasteiger charge is -2.18. The minimum absolute atomic E-state index is 0.0401. The molecule has 2 aromatic carbocycles. The number of aliphatic carboxylic acids is 1. The van der Waals surface area contributed by atoms with E-state index in [1.807, 2.05) is 31.2 Å². The number of ether oxygens (including phenoxy) is 2. The molecule has 144 valence electrons. The molecule has 0 saturated carbocycles. The first-order chi connectivity index (χ1) is 12.9. The molecule has 2 rings (SSSR count). The van der Waals surface area contributed by atoms with Crippen LogP contribution in [0.2, 0.25) is 0 Å². The molecule has 2 aromatic rings. The Morgan fingerprint density at radius 2 is 1.78 bits per heavy atom. The van der Waals surface area contributed by atoms with E-state index in [0.29, 0.717) is 17.9 Å². The Labute approximate surface area is 159 Å². The van der Waals surface area contributed by atoms with Crippen molar-refractivity contribution in [3.8, 4) is 11.5 Å². The van der Waals surface area contributed by atoms with Crippen LogP contribution in [0.15, 0.2) is 48.5 Å². The van der Waals surface area contributed by atoms with E-state index < -0.39 is 18.0 Å². The maximum absolute atomic E-state index is 12.3. The molecule has 0 saturated heterocycles. The second-order valence-corrected chi connectivity index (χ2v) is 6.41. The minimum Gasteiger partial charge on any atom is -0.497 e. The lowest BCUT2D eigenvalue weighted by atomic mass is 9.98. The van der Waals surface area contributed by atoms with Gasteiger partial charge in [-0.2, -0.15) is 0 Å². The Balaban J connectivity index is 1.89. The summed E-state index contributed by atoms with van der Waals surface area (Å²) >= 11 is 0. The van der Waals surface area contributed by atoms with Crippen LogP contribution in [0.3, 0.4) is 0 Å². The number of aryl methyl sites for hydroxylation is 1. The summed E-state index contributed by atoms with van der Waals surface area (Å²) in [6.45, 7) is 3.62. The summed E-state index contributed by atoms with van der Waals surface area (Å²) in [5.41, 5.74) is 2.00. The van der Waals surface area contributed by atoms with Crippen molar-refractivity contribution in [1.82, 2.24) is 5.32 Å². The van der Waals surface area contributed by atoms with E-state index in [0.717, 1.165) is 11.1 Å². The van der Waals surface area contributed by atoms with Crippen LogP contribution >= 0.6 is 0 Å². The van der Waals surface area contributed by atoms with Crippen molar-refractivity contribution >= 4 is 11.9 Å². The first-order valence-corrected chi connectivity index (χ1v) is 8.76. The lowest BCUT2D eigenvalue weighted by Crippen LogP contribution is -2.40. The largest absolute Gasteiger partial charge is 0.497 e. The first kappa shape index (κ1) is 20.3. The third-order valence-corrected chi connectivity index (χ3v) is 4.18. The van der Waals surface area contributed by atoms with Gasteiger partial charge >= 0.3 is 5.97 Å². The van der Waals surface area contributed by atoms with E-state index in [2.05, 4.69) is 5.32 Å². The molecular weight excluding hydrogens is 346 g/mol. The average molecular weight is 371 g/mol. The number of amides is 1. The Morgan fingerprint density at radius 1 is 1.11 bits per heavy atom. The van der Waals surface area contributed by atoms with Crippen molar-refractivity contribution in [1.29, 1.82) is 0 Å². The van der Waals surface area contributed by atoms with Gasteiger partial charge in [-0.05, 0) is 50.1 Å². The molecule has 0 bridgehead atoms. The standard InChI is InChI=1S/C21H25NO5/c1-14-5-4-6-16(11-14)12-17(21(24)25)13-22-20(23)15(2)27-19-9-7-18(26-3)8-10-19/h4-11,15,17H,12-13H2,1-3H3,(H,22,23)(H,24,25). The third kappa shape index (κ3) is 6.33. The third-order valence-electron chi connectivity index (χ3n) is 4.18. The minimum atomic E-state index is -0.944. The fourth-order valence-electron chi connectivity index (χ4n) is 2.65. The highest BCUT2D eigenvalue weighted by atomic mass is 16.5. The van der Waals surface area contributed by atoms with Gasteiger partial charge in [-0.3, -0.25) is 9.59 Å². The molecule has 27 heavy (non-hydrogen) atoms. The van der Waals surface area contributed by atoms with Crippen molar-refractivity contribution in [2.24, 2.45) is 5.92 Å². The number of hydrogen-bond acceptors (Lipinski definition) is 4. The second kappa shape index (κ2) is 9.62. The molecule has 0 spiro atoms. The van der Waals surface area contributed by atoms with Crippen LogP contribution in [0.5, 0.6) is 11.5 Å². The fraction of sp³-hybridized carbons (Fsp3) is 0.333. The van der Waals surface area contributed by atoms with Gasteiger partial charge in [-0.15, -0.1) is 0 Å². The Hall–Kier alpha value is -3.02. The summed E-state index contributed by atoms with van der Waals surface area (Å²) in [7, 11) is 1.57. The number of carbonyl (C=O) groups excluding carboxylic acids is 1. The molecule has 0 radical (unpaired) electrons. The Morgan fingerprint density at radius 3 is 2.37 bits per heavy atom. The highest BCUT2D eigenvalue weighted by Crippen LogP contribution is 2.18. The van der Waals surface area contributed by atoms with Crippen molar-refractivity contribution in [3.63, 3.8) is 0 Å². The predicted molar refractivity (Wildman–Crippen MR) is 102 cm³/mol. The van der Waals surface area contributed by atoms with E-state index in [9.17, 15) is 14.7 Å². The lowest BCUT2D eigenvalue weighted by molar-refractivity contribution is -0.141. The van der Waals surface area contributed by atoms with Gasteiger partial charge in [0.15, 0.2) is 6.10 Å². The van der Waals surface area contributed by atoms with Gasteiger partial charge in [-0.25, -0.2) is 0 Å². The molecule has 6 heteroatoms. The van der Waals surface area contributed by atoms with Crippen molar-refractivity contribution < 1.29 is 24.2 Å². The normalized spacial score (nSPS) is 12.7. The molecule has 2 N–H and O–H groups in total. The van der Waals surface area contributed by atoms with E-state index in [-0.39, 0.29) is 12.5 Å². The molecule has 6 nitrogen and oxygen atoms in total. The van der Waals surface area contributed by atoms with Crippen LogP contribution in [0.4, 0.5) is 0 Å². The molecule has 0 aliphatic carbocycles. The van der Waals surface area contributed by atoms with Crippen LogP contribution in [0.1, 0.15) is 18.1 Å². The monoisotopic (exact) mass is 371 g/mol. The van der Waals surface area contributed by atoms with Crippen molar-refractivity contribution in [2.75, 3.05) is 13.7 Å². The molecule has 0 heterocycles. The average Bonchev–Trinajstić information content (AvgIpc) is 2.65. The van der Waals surface area contributed by atoms with Gasteiger partial charge in [0.25, 0.3) is 5.91 Å². The molecule has 1 amide bonds. The van der Waals surface area contributed by atoms with Gasteiger partial charge in [0.05, 0.1) is 13.0 Å².